The van der Waals surface area contributed by atoms with E-state index in [2.05, 4.69) is 27.7 Å². The summed E-state index contributed by atoms with van der Waals surface area (Å²) in [5.74, 6) is 0.168. The van der Waals surface area contributed by atoms with Gasteiger partial charge in [-0.25, -0.2) is 0 Å². The Balaban J connectivity index is 2.22. The lowest BCUT2D eigenvalue weighted by molar-refractivity contribution is -0.0877. The smallest absolute Gasteiger partial charge is 0.0938 e. The van der Waals surface area contributed by atoms with Crippen LogP contribution < -0.4 is 0 Å². The maximum Gasteiger partial charge on any atom is 0.0938 e. The molecule has 1 N–H and O–H groups in total. The van der Waals surface area contributed by atoms with Crippen LogP contribution in [0.1, 0.15) is 45.1 Å². The van der Waals surface area contributed by atoms with Gasteiger partial charge in [0.05, 0.1) is 17.3 Å². The summed E-state index contributed by atoms with van der Waals surface area (Å²) in [6, 6.07) is 3.98. The summed E-state index contributed by atoms with van der Waals surface area (Å²) in [7, 11) is 0. The Morgan fingerprint density at radius 1 is 1.44 bits per heavy atom. The Labute approximate surface area is 101 Å². The van der Waals surface area contributed by atoms with E-state index in [1.165, 1.54) is 0 Å². The van der Waals surface area contributed by atoms with Crippen LogP contribution in [0.4, 0.5) is 0 Å². The van der Waals surface area contributed by atoms with E-state index >= 15 is 0 Å². The monoisotopic (exact) mass is 240 g/mol. The van der Waals surface area contributed by atoms with E-state index in [0.717, 1.165) is 11.3 Å². The molecule has 0 aliphatic carbocycles. The largest absolute Gasteiger partial charge is 0.387 e. The van der Waals surface area contributed by atoms with Gasteiger partial charge in [-0.3, -0.25) is 0 Å². The van der Waals surface area contributed by atoms with Crippen molar-refractivity contribution in [2.75, 3.05) is 0 Å². The minimum absolute atomic E-state index is 0.133. The first-order valence-corrected chi connectivity index (χ1v) is 6.61. The van der Waals surface area contributed by atoms with Crippen molar-refractivity contribution in [3.63, 3.8) is 0 Å². The summed E-state index contributed by atoms with van der Waals surface area (Å²) in [5, 5.41) is 12.4. The van der Waals surface area contributed by atoms with Gasteiger partial charge >= 0.3 is 0 Å². The molecule has 1 aromatic heterocycles. The molecule has 1 fully saturated rings. The van der Waals surface area contributed by atoms with Crippen LogP contribution in [-0.4, -0.2) is 16.3 Å². The second kappa shape index (κ2) is 3.83. The molecule has 2 nitrogen and oxygen atoms in total. The Hall–Kier alpha value is -0.380. The van der Waals surface area contributed by atoms with Crippen molar-refractivity contribution in [1.29, 1.82) is 0 Å². The lowest BCUT2D eigenvalue weighted by Crippen LogP contribution is -2.32. The summed E-state index contributed by atoms with van der Waals surface area (Å²) in [5.41, 5.74) is -0.390. The van der Waals surface area contributed by atoms with E-state index in [1.54, 1.807) is 11.3 Å². The highest BCUT2D eigenvalue weighted by Crippen LogP contribution is 2.48. The van der Waals surface area contributed by atoms with Crippen LogP contribution in [0.15, 0.2) is 17.5 Å². The summed E-state index contributed by atoms with van der Waals surface area (Å²) in [6.07, 6.45) is 0.496. The van der Waals surface area contributed by atoms with Crippen LogP contribution in [0.25, 0.3) is 0 Å². The highest BCUT2D eigenvalue weighted by Gasteiger charge is 2.49. The molecule has 1 aromatic rings. The molecule has 3 heteroatoms. The van der Waals surface area contributed by atoms with Gasteiger partial charge in [-0.2, -0.15) is 0 Å². The number of rotatable bonds is 2. The Morgan fingerprint density at radius 2 is 2.12 bits per heavy atom. The normalized spacial score (nSPS) is 29.2. The minimum Gasteiger partial charge on any atom is -0.387 e. The summed E-state index contributed by atoms with van der Waals surface area (Å²) < 4.78 is 6.01. The first kappa shape index (κ1) is 12.1. The van der Waals surface area contributed by atoms with Gasteiger partial charge in [0.2, 0.25) is 0 Å². The SMILES string of the molecule is CC1(C)CC(C(O)c2cccs2)C(C)(C)O1. The quantitative estimate of drug-likeness (QED) is 0.858. The van der Waals surface area contributed by atoms with Crippen LogP contribution in [0, 0.1) is 5.92 Å². The first-order valence-electron chi connectivity index (χ1n) is 5.73. The highest BCUT2D eigenvalue weighted by molar-refractivity contribution is 7.10. The fraction of sp³-hybridized carbons (Fsp3) is 0.692. The van der Waals surface area contributed by atoms with Gasteiger partial charge in [0.25, 0.3) is 0 Å². The third-order valence-electron chi connectivity index (χ3n) is 3.36. The van der Waals surface area contributed by atoms with Crippen molar-refractivity contribution in [3.8, 4) is 0 Å². The molecular weight excluding hydrogens is 220 g/mol. The summed E-state index contributed by atoms with van der Waals surface area (Å²) in [4.78, 5) is 1.04. The second-order valence-electron chi connectivity index (χ2n) is 5.74. The van der Waals surface area contributed by atoms with Crippen LogP contribution >= 0.6 is 11.3 Å². The zero-order valence-corrected chi connectivity index (χ0v) is 11.2. The van der Waals surface area contributed by atoms with Crippen molar-refractivity contribution in [2.45, 2.75) is 51.4 Å². The fourth-order valence-corrected chi connectivity index (χ4v) is 3.53. The molecule has 0 radical (unpaired) electrons. The molecule has 2 heterocycles. The van der Waals surface area contributed by atoms with Gasteiger partial charge in [-0.05, 0) is 45.6 Å². The Kier molecular flexibility index (Phi) is 2.89. The van der Waals surface area contributed by atoms with Crippen LogP contribution in [0.2, 0.25) is 0 Å². The highest BCUT2D eigenvalue weighted by atomic mass is 32.1. The van der Waals surface area contributed by atoms with Crippen LogP contribution in [0.5, 0.6) is 0 Å². The minimum atomic E-state index is -0.406. The molecule has 0 amide bonds. The summed E-state index contributed by atoms with van der Waals surface area (Å²) >= 11 is 1.61. The molecule has 0 spiro atoms. The van der Waals surface area contributed by atoms with Gasteiger partial charge < -0.3 is 9.84 Å². The number of hydrogen-bond acceptors (Lipinski definition) is 3. The molecule has 1 aliphatic heterocycles. The molecule has 90 valence electrons. The van der Waals surface area contributed by atoms with Gasteiger partial charge in [0.15, 0.2) is 0 Å². The van der Waals surface area contributed by atoms with E-state index in [9.17, 15) is 5.11 Å². The van der Waals surface area contributed by atoms with Crippen molar-refractivity contribution >= 4 is 11.3 Å². The van der Waals surface area contributed by atoms with E-state index in [4.69, 9.17) is 4.74 Å². The molecule has 2 rings (SSSR count). The molecule has 2 unspecified atom stereocenters. The number of aliphatic hydroxyl groups excluding tert-OH is 1. The maximum atomic E-state index is 10.4. The van der Waals surface area contributed by atoms with E-state index in [-0.39, 0.29) is 17.1 Å². The zero-order valence-electron chi connectivity index (χ0n) is 10.4. The first-order chi connectivity index (χ1) is 7.32. The van der Waals surface area contributed by atoms with Crippen molar-refractivity contribution in [3.05, 3.63) is 22.4 Å². The molecule has 1 aliphatic rings. The summed E-state index contributed by atoms with van der Waals surface area (Å²) in [6.45, 7) is 8.33. The average Bonchev–Trinajstić information content (AvgIpc) is 2.69. The molecule has 0 aromatic carbocycles. The van der Waals surface area contributed by atoms with E-state index in [0.29, 0.717) is 0 Å². The third-order valence-corrected chi connectivity index (χ3v) is 4.30. The number of thiophene rings is 1. The van der Waals surface area contributed by atoms with Crippen molar-refractivity contribution < 1.29 is 9.84 Å². The number of ether oxygens (including phenoxy) is 1. The lowest BCUT2D eigenvalue weighted by Gasteiger charge is -2.29. The van der Waals surface area contributed by atoms with Crippen molar-refractivity contribution in [2.24, 2.45) is 5.92 Å². The van der Waals surface area contributed by atoms with Gasteiger partial charge in [-0.1, -0.05) is 6.07 Å². The molecule has 16 heavy (non-hydrogen) atoms. The zero-order chi connectivity index (χ0) is 12.0. The van der Waals surface area contributed by atoms with E-state index < -0.39 is 6.10 Å². The van der Waals surface area contributed by atoms with Crippen LogP contribution in [-0.2, 0) is 4.74 Å². The standard InChI is InChI=1S/C13H20O2S/c1-12(2)8-9(13(3,4)15-12)11(14)10-6-5-7-16-10/h5-7,9,11,14H,8H2,1-4H3. The predicted molar refractivity (Wildman–Crippen MR) is 66.6 cm³/mol. The molecule has 1 saturated heterocycles. The Bertz CT molecular complexity index is 354. The molecular formula is C13H20O2S. The Morgan fingerprint density at radius 3 is 2.56 bits per heavy atom. The lowest BCUT2D eigenvalue weighted by atomic mass is 9.82. The topological polar surface area (TPSA) is 29.5 Å². The van der Waals surface area contributed by atoms with Gasteiger partial charge in [-0.15, -0.1) is 11.3 Å². The fourth-order valence-electron chi connectivity index (χ4n) is 2.75. The number of aliphatic hydroxyl groups is 1. The molecule has 0 saturated carbocycles. The second-order valence-corrected chi connectivity index (χ2v) is 6.72. The maximum absolute atomic E-state index is 10.4. The predicted octanol–water partition coefficient (Wildman–Crippen LogP) is 3.38. The van der Waals surface area contributed by atoms with E-state index in [1.807, 2.05) is 17.5 Å². The average molecular weight is 240 g/mol. The molecule has 0 bridgehead atoms. The third kappa shape index (κ3) is 2.17. The van der Waals surface area contributed by atoms with Crippen molar-refractivity contribution in [1.82, 2.24) is 0 Å². The molecule has 2 atom stereocenters. The van der Waals surface area contributed by atoms with Crippen LogP contribution in [0.3, 0.4) is 0 Å². The van der Waals surface area contributed by atoms with Gasteiger partial charge in [0, 0.05) is 10.8 Å². The number of hydrogen-bond donors (Lipinski definition) is 1. The van der Waals surface area contributed by atoms with Gasteiger partial charge in [0.1, 0.15) is 0 Å².